The molecule has 6 heteroatoms. The lowest BCUT2D eigenvalue weighted by molar-refractivity contribution is 0.0879. The van der Waals surface area contributed by atoms with Gasteiger partial charge < -0.3 is 10.4 Å². The fraction of sp³-hybridized carbons (Fsp3) is 0.481. The molecule has 2 N–H and O–H groups in total. The van der Waals surface area contributed by atoms with E-state index in [-0.39, 0.29) is 12.1 Å². The van der Waals surface area contributed by atoms with Crippen LogP contribution in [-0.2, 0) is 19.5 Å². The van der Waals surface area contributed by atoms with Crippen LogP contribution in [0.15, 0.2) is 53.3 Å². The van der Waals surface area contributed by atoms with Gasteiger partial charge in [0, 0.05) is 31.6 Å². The van der Waals surface area contributed by atoms with Crippen LogP contribution in [-0.4, -0.2) is 45.5 Å². The van der Waals surface area contributed by atoms with Gasteiger partial charge in [0.15, 0.2) is 5.82 Å². The molecule has 1 fully saturated rings. The number of rotatable bonds is 7. The molecule has 0 radical (unpaired) electrons. The Hall–Kier alpha value is -2.70. The summed E-state index contributed by atoms with van der Waals surface area (Å²) in [7, 11) is 0. The molecule has 33 heavy (non-hydrogen) atoms. The first-order chi connectivity index (χ1) is 16.2. The van der Waals surface area contributed by atoms with E-state index in [2.05, 4.69) is 39.6 Å². The van der Waals surface area contributed by atoms with E-state index in [9.17, 15) is 9.90 Å². The van der Waals surface area contributed by atoms with Gasteiger partial charge in [-0.3, -0.25) is 9.69 Å². The van der Waals surface area contributed by atoms with Crippen molar-refractivity contribution in [2.75, 3.05) is 25.0 Å². The highest BCUT2D eigenvalue weighted by atomic mass is 16.3. The number of hydrogen-bond donors (Lipinski definition) is 2. The summed E-state index contributed by atoms with van der Waals surface area (Å²) in [5.41, 5.74) is 2.58. The van der Waals surface area contributed by atoms with Crippen LogP contribution in [0.4, 0.5) is 5.82 Å². The quantitative estimate of drug-likeness (QED) is 0.578. The lowest BCUT2D eigenvalue weighted by Crippen LogP contribution is -2.40. The number of benzene rings is 2. The van der Waals surface area contributed by atoms with Crippen LogP contribution in [0.5, 0.6) is 0 Å². The fourth-order valence-corrected chi connectivity index (χ4v) is 5.39. The normalized spacial score (nSPS) is 18.2. The smallest absolute Gasteiger partial charge is 0.274 e. The van der Waals surface area contributed by atoms with E-state index in [0.29, 0.717) is 17.8 Å². The first-order valence-electron chi connectivity index (χ1n) is 12.4. The Balaban J connectivity index is 1.31. The van der Waals surface area contributed by atoms with Crippen LogP contribution >= 0.6 is 0 Å². The van der Waals surface area contributed by atoms with Crippen molar-refractivity contribution < 1.29 is 5.11 Å². The van der Waals surface area contributed by atoms with E-state index in [1.807, 2.05) is 24.3 Å². The van der Waals surface area contributed by atoms with E-state index < -0.39 is 6.10 Å². The zero-order chi connectivity index (χ0) is 22.6. The van der Waals surface area contributed by atoms with Crippen molar-refractivity contribution in [3.63, 3.8) is 0 Å². The number of nitrogens with zero attached hydrogens (tertiary/aromatic N) is 3. The molecule has 2 aromatic carbocycles. The molecule has 1 atom stereocenters. The van der Waals surface area contributed by atoms with Crippen LogP contribution in [0, 0.1) is 5.92 Å². The Kier molecular flexibility index (Phi) is 6.74. The minimum atomic E-state index is -0.659. The van der Waals surface area contributed by atoms with Gasteiger partial charge in [0.05, 0.1) is 18.0 Å². The Bertz CT molecular complexity index is 1150. The Morgan fingerprint density at radius 1 is 0.970 bits per heavy atom. The van der Waals surface area contributed by atoms with Gasteiger partial charge in [0.25, 0.3) is 5.56 Å². The van der Waals surface area contributed by atoms with E-state index in [1.165, 1.54) is 47.9 Å². The highest BCUT2D eigenvalue weighted by Gasteiger charge is 2.20. The summed E-state index contributed by atoms with van der Waals surface area (Å²) in [5.74, 6) is 1.40. The van der Waals surface area contributed by atoms with E-state index >= 15 is 0 Å². The minimum Gasteiger partial charge on any atom is -0.390 e. The topological polar surface area (TPSA) is 70.4 Å². The minimum absolute atomic E-state index is 0.142. The van der Waals surface area contributed by atoms with Crippen LogP contribution in [0.1, 0.15) is 43.2 Å². The largest absolute Gasteiger partial charge is 0.390 e. The Morgan fingerprint density at radius 3 is 2.52 bits per heavy atom. The van der Waals surface area contributed by atoms with Crippen molar-refractivity contribution in [1.82, 2.24) is 14.7 Å². The third-order valence-electron chi connectivity index (χ3n) is 7.21. The molecule has 0 amide bonds. The summed E-state index contributed by atoms with van der Waals surface area (Å²) < 4.78 is 1.45. The summed E-state index contributed by atoms with van der Waals surface area (Å²) in [4.78, 5) is 15.4. The maximum atomic E-state index is 13.1. The monoisotopic (exact) mass is 446 g/mol. The van der Waals surface area contributed by atoms with Gasteiger partial charge >= 0.3 is 0 Å². The summed E-state index contributed by atoms with van der Waals surface area (Å²) in [6.07, 6.45) is 6.77. The standard InChI is InChI=1S/C27H34N4O2/c32-23(18-30-15-14-21-10-4-5-11-22(21)17-30)19-31-27(33)25-13-7-6-12-24(25)26(29-31)28-16-20-8-2-1-3-9-20/h4-7,10-13,20,23,32H,1-3,8-9,14-19H2,(H,28,29)/t23-/m1/s1. The molecule has 5 rings (SSSR count). The van der Waals surface area contributed by atoms with Crippen LogP contribution in [0.25, 0.3) is 10.8 Å². The highest BCUT2D eigenvalue weighted by Crippen LogP contribution is 2.25. The highest BCUT2D eigenvalue weighted by molar-refractivity contribution is 5.90. The van der Waals surface area contributed by atoms with Crippen LogP contribution < -0.4 is 10.9 Å². The van der Waals surface area contributed by atoms with Gasteiger partial charge in [0.2, 0.25) is 0 Å². The second-order valence-electron chi connectivity index (χ2n) is 9.67. The van der Waals surface area contributed by atoms with E-state index in [4.69, 9.17) is 0 Å². The van der Waals surface area contributed by atoms with Crippen molar-refractivity contribution in [2.24, 2.45) is 5.92 Å². The van der Waals surface area contributed by atoms with Crippen molar-refractivity contribution >= 4 is 16.6 Å². The molecule has 6 nitrogen and oxygen atoms in total. The first kappa shape index (κ1) is 22.1. The first-order valence-corrected chi connectivity index (χ1v) is 12.4. The number of hydrogen-bond acceptors (Lipinski definition) is 5. The maximum Gasteiger partial charge on any atom is 0.274 e. The average Bonchev–Trinajstić information content (AvgIpc) is 2.85. The molecule has 0 unspecified atom stereocenters. The molecule has 1 aliphatic carbocycles. The summed E-state index contributed by atoms with van der Waals surface area (Å²) >= 11 is 0. The Morgan fingerprint density at radius 2 is 1.70 bits per heavy atom. The number of fused-ring (bicyclic) bond motifs is 2. The molecular weight excluding hydrogens is 412 g/mol. The van der Waals surface area contributed by atoms with Gasteiger partial charge in [-0.2, -0.15) is 5.10 Å². The molecule has 2 heterocycles. The Labute approximate surface area is 195 Å². The fourth-order valence-electron chi connectivity index (χ4n) is 5.39. The average molecular weight is 447 g/mol. The molecule has 174 valence electrons. The van der Waals surface area contributed by atoms with Gasteiger partial charge in [-0.1, -0.05) is 61.7 Å². The maximum absolute atomic E-state index is 13.1. The molecule has 3 aromatic rings. The number of nitrogens with one attached hydrogen (secondary N) is 1. The van der Waals surface area contributed by atoms with Crippen molar-refractivity contribution in [2.45, 2.75) is 57.7 Å². The molecule has 1 saturated carbocycles. The number of anilines is 1. The molecule has 1 aliphatic heterocycles. The van der Waals surface area contributed by atoms with Crippen molar-refractivity contribution in [3.05, 3.63) is 70.0 Å². The van der Waals surface area contributed by atoms with Gasteiger partial charge in [-0.25, -0.2) is 4.68 Å². The van der Waals surface area contributed by atoms with Gasteiger partial charge in [-0.05, 0) is 42.4 Å². The lowest BCUT2D eigenvalue weighted by atomic mass is 9.89. The lowest BCUT2D eigenvalue weighted by Gasteiger charge is -2.30. The van der Waals surface area contributed by atoms with Crippen LogP contribution in [0.3, 0.4) is 0 Å². The number of aliphatic hydroxyl groups is 1. The predicted octanol–water partition coefficient (Wildman–Crippen LogP) is 3.81. The van der Waals surface area contributed by atoms with Gasteiger partial charge in [0.1, 0.15) is 0 Å². The third kappa shape index (κ3) is 5.12. The summed E-state index contributed by atoms with van der Waals surface area (Å²) in [6, 6.07) is 16.1. The molecule has 0 bridgehead atoms. The molecule has 0 spiro atoms. The number of β-amino-alcohol motifs (C(OH)–C–C–N with tert-alkyl or cyclic N) is 1. The zero-order valence-electron chi connectivity index (χ0n) is 19.2. The van der Waals surface area contributed by atoms with Crippen molar-refractivity contribution in [1.29, 1.82) is 0 Å². The zero-order valence-corrected chi connectivity index (χ0v) is 19.2. The van der Waals surface area contributed by atoms with E-state index in [1.54, 1.807) is 0 Å². The summed E-state index contributed by atoms with van der Waals surface area (Å²) in [6.45, 7) is 3.36. The second-order valence-corrected chi connectivity index (χ2v) is 9.67. The summed E-state index contributed by atoms with van der Waals surface area (Å²) in [5, 5.41) is 20.6. The third-order valence-corrected chi connectivity index (χ3v) is 7.21. The molecule has 1 aromatic heterocycles. The second kappa shape index (κ2) is 10.1. The van der Waals surface area contributed by atoms with E-state index in [0.717, 1.165) is 37.3 Å². The molecular formula is C27H34N4O2. The van der Waals surface area contributed by atoms with Crippen LogP contribution in [0.2, 0.25) is 0 Å². The molecule has 2 aliphatic rings. The molecule has 0 saturated heterocycles. The SMILES string of the molecule is O=c1c2ccccc2c(NCC2CCCCC2)nn1C[C@H](O)CN1CCc2ccccc2C1. The van der Waals surface area contributed by atoms with Gasteiger partial charge in [-0.15, -0.1) is 0 Å². The van der Waals surface area contributed by atoms with Crippen molar-refractivity contribution in [3.8, 4) is 0 Å². The predicted molar refractivity (Wildman–Crippen MR) is 132 cm³/mol. The number of aromatic nitrogens is 2. The number of aliphatic hydroxyl groups excluding tert-OH is 1.